The Bertz CT molecular complexity index is 2970. The second kappa shape index (κ2) is 11.4. The summed E-state index contributed by atoms with van der Waals surface area (Å²) in [6, 6.07) is 53.3. The fourth-order valence-electron chi connectivity index (χ4n) is 7.43. The highest BCUT2D eigenvalue weighted by Crippen LogP contribution is 2.41. The van der Waals surface area contributed by atoms with E-state index < -0.39 is 0 Å². The monoisotopic (exact) mass is 635 g/mol. The van der Waals surface area contributed by atoms with Crippen molar-refractivity contribution < 1.29 is 0 Å². The fourth-order valence-corrected chi connectivity index (χ4v) is 7.43. The summed E-state index contributed by atoms with van der Waals surface area (Å²) < 4.78 is 4.41. The van der Waals surface area contributed by atoms with Crippen LogP contribution in [-0.4, -0.2) is 9.13 Å². The summed E-state index contributed by atoms with van der Waals surface area (Å²) in [5.41, 5.74) is 11.3. The molecule has 0 aliphatic rings. The van der Waals surface area contributed by atoms with Crippen LogP contribution < -0.4 is 0 Å². The lowest BCUT2D eigenvalue weighted by atomic mass is 9.94. The quantitative estimate of drug-likeness (QED) is 0.177. The number of para-hydroxylation sites is 4. The van der Waals surface area contributed by atoms with E-state index in [1.54, 1.807) is 0 Å². The van der Waals surface area contributed by atoms with Gasteiger partial charge in [0.15, 0.2) is 5.69 Å². The van der Waals surface area contributed by atoms with Crippen LogP contribution in [0.15, 0.2) is 152 Å². The predicted molar refractivity (Wildman–Crippen MR) is 203 cm³/mol. The van der Waals surface area contributed by atoms with Gasteiger partial charge in [0.2, 0.25) is 5.69 Å². The van der Waals surface area contributed by atoms with Gasteiger partial charge in [0.1, 0.15) is 0 Å². The van der Waals surface area contributed by atoms with Crippen LogP contribution in [0.2, 0.25) is 0 Å². The van der Waals surface area contributed by atoms with Crippen LogP contribution in [0.25, 0.3) is 86.9 Å². The van der Waals surface area contributed by atoms with Gasteiger partial charge in [-0.3, -0.25) is 0 Å². The van der Waals surface area contributed by atoms with Crippen LogP contribution in [-0.2, 0) is 0 Å². The molecule has 0 aliphatic heterocycles. The van der Waals surface area contributed by atoms with E-state index in [1.165, 1.54) is 0 Å². The van der Waals surface area contributed by atoms with Crippen molar-refractivity contribution >= 4 is 55.0 Å². The minimum atomic E-state index is 0.572. The third kappa shape index (κ3) is 4.31. The average Bonchev–Trinajstić information content (AvgIpc) is 3.70. The summed E-state index contributed by atoms with van der Waals surface area (Å²) in [5.74, 6) is 0. The Labute approximate surface area is 288 Å². The Hall–Kier alpha value is -7.39. The number of benzene rings is 7. The van der Waals surface area contributed by atoms with Gasteiger partial charge in [0.25, 0.3) is 0 Å². The Morgan fingerprint density at radius 2 is 1.18 bits per heavy atom. The first-order valence-corrected chi connectivity index (χ1v) is 16.2. The zero-order valence-corrected chi connectivity index (χ0v) is 26.7. The van der Waals surface area contributed by atoms with Crippen molar-refractivity contribution in [2.75, 3.05) is 0 Å². The number of nitrogens with zero attached hydrogens (tertiary/aromatic N) is 5. The summed E-state index contributed by atoms with van der Waals surface area (Å²) in [4.78, 5) is 7.56. The minimum Gasteiger partial charge on any atom is -0.318 e. The molecule has 0 N–H and O–H groups in total. The molecule has 9 aromatic rings. The number of hydrogen-bond acceptors (Lipinski definition) is 1. The Kier molecular flexibility index (Phi) is 6.56. The van der Waals surface area contributed by atoms with Crippen molar-refractivity contribution in [3.05, 3.63) is 180 Å². The summed E-state index contributed by atoms with van der Waals surface area (Å²) in [5, 5.41) is 14.8. The first-order chi connectivity index (χ1) is 24.7. The van der Waals surface area contributed by atoms with Gasteiger partial charge in [-0.2, -0.15) is 5.26 Å². The molecule has 0 amide bonds. The van der Waals surface area contributed by atoms with Crippen LogP contribution in [0, 0.1) is 24.5 Å². The average molecular weight is 636 g/mol. The standard InChI is InChI=1S/C45H25N5/c1-47-32-22-24-44-39(27-32)37-15-5-7-19-42(37)49(44)33-12-9-11-29(26-33)34-23-21-30(25-31(34)28-46)35-13-3-6-18-41(35)50-43-20-8-4-14-36(43)38-16-10-17-40(48-2)45(38)50/h3-27H. The predicted octanol–water partition coefficient (Wildman–Crippen LogP) is 12.2. The lowest BCUT2D eigenvalue weighted by Crippen LogP contribution is -1.98. The fraction of sp³-hybridized carbons (Fsp3) is 0. The minimum absolute atomic E-state index is 0.572. The van der Waals surface area contributed by atoms with E-state index in [-0.39, 0.29) is 0 Å². The second-order valence-electron chi connectivity index (χ2n) is 12.2. The van der Waals surface area contributed by atoms with Gasteiger partial charge >= 0.3 is 0 Å². The molecule has 0 aliphatic carbocycles. The normalized spacial score (nSPS) is 11.1. The molecule has 9 rings (SSSR count). The number of aromatic nitrogens is 2. The molecule has 230 valence electrons. The first-order valence-electron chi connectivity index (χ1n) is 16.2. The third-order valence-corrected chi connectivity index (χ3v) is 9.59. The zero-order valence-electron chi connectivity index (χ0n) is 26.7. The molecule has 0 bridgehead atoms. The summed E-state index contributed by atoms with van der Waals surface area (Å²) in [6.45, 7) is 15.5. The maximum absolute atomic E-state index is 10.5. The van der Waals surface area contributed by atoms with Gasteiger partial charge in [-0.05, 0) is 76.0 Å². The molecule has 0 fully saturated rings. The summed E-state index contributed by atoms with van der Waals surface area (Å²) in [7, 11) is 0. The molecule has 0 saturated heterocycles. The highest BCUT2D eigenvalue weighted by atomic mass is 15.0. The highest BCUT2D eigenvalue weighted by Gasteiger charge is 2.19. The molecule has 0 saturated carbocycles. The summed E-state index contributed by atoms with van der Waals surface area (Å²) in [6.07, 6.45) is 0. The number of nitriles is 1. The van der Waals surface area contributed by atoms with E-state index in [0.29, 0.717) is 16.9 Å². The highest BCUT2D eigenvalue weighted by molar-refractivity contribution is 6.14. The number of fused-ring (bicyclic) bond motifs is 6. The van der Waals surface area contributed by atoms with Crippen molar-refractivity contribution in [3.63, 3.8) is 0 Å². The van der Waals surface area contributed by atoms with Crippen LogP contribution >= 0.6 is 0 Å². The van der Waals surface area contributed by atoms with Gasteiger partial charge in [-0.1, -0.05) is 103 Å². The second-order valence-corrected chi connectivity index (χ2v) is 12.2. The Balaban J connectivity index is 1.20. The van der Waals surface area contributed by atoms with Gasteiger partial charge in [-0.15, -0.1) is 0 Å². The van der Waals surface area contributed by atoms with E-state index in [2.05, 4.69) is 85.6 Å². The smallest absolute Gasteiger partial charge is 0.211 e. The molecule has 7 aromatic carbocycles. The van der Waals surface area contributed by atoms with E-state index in [4.69, 9.17) is 13.1 Å². The zero-order chi connectivity index (χ0) is 33.8. The molecule has 0 atom stereocenters. The first kappa shape index (κ1) is 28.8. The lowest BCUT2D eigenvalue weighted by molar-refractivity contribution is 1.18. The molecule has 5 heteroatoms. The van der Waals surface area contributed by atoms with Crippen LogP contribution in [0.4, 0.5) is 11.4 Å². The van der Waals surface area contributed by atoms with Gasteiger partial charge in [-0.25, -0.2) is 9.69 Å². The van der Waals surface area contributed by atoms with Crippen LogP contribution in [0.3, 0.4) is 0 Å². The maximum Gasteiger partial charge on any atom is 0.211 e. The van der Waals surface area contributed by atoms with Crippen molar-refractivity contribution in [1.29, 1.82) is 5.26 Å². The van der Waals surface area contributed by atoms with E-state index >= 15 is 0 Å². The van der Waals surface area contributed by atoms with Gasteiger partial charge in [0.05, 0.1) is 52.5 Å². The van der Waals surface area contributed by atoms with Gasteiger partial charge in [0, 0.05) is 22.0 Å². The van der Waals surface area contributed by atoms with E-state index in [9.17, 15) is 5.26 Å². The third-order valence-electron chi connectivity index (χ3n) is 9.59. The Morgan fingerprint density at radius 1 is 0.500 bits per heavy atom. The van der Waals surface area contributed by atoms with Crippen molar-refractivity contribution in [3.8, 4) is 39.7 Å². The van der Waals surface area contributed by atoms with Crippen LogP contribution in [0.1, 0.15) is 5.56 Å². The van der Waals surface area contributed by atoms with E-state index in [0.717, 1.165) is 77.2 Å². The van der Waals surface area contributed by atoms with Crippen molar-refractivity contribution in [1.82, 2.24) is 9.13 Å². The molecule has 0 radical (unpaired) electrons. The summed E-state index contributed by atoms with van der Waals surface area (Å²) >= 11 is 0. The number of hydrogen-bond donors (Lipinski definition) is 0. The molecule has 0 spiro atoms. The lowest BCUT2D eigenvalue weighted by Gasteiger charge is -2.16. The van der Waals surface area contributed by atoms with Crippen LogP contribution in [0.5, 0.6) is 0 Å². The molecule has 2 heterocycles. The molecule has 50 heavy (non-hydrogen) atoms. The SMILES string of the molecule is [C-]#[N+]c1ccc2c(c1)c1ccccc1n2-c1cccc(-c2ccc(-c3ccccc3-n3c4ccccc4c4cccc([N+]#[C-])c43)cc2C#N)c1. The van der Waals surface area contributed by atoms with Gasteiger partial charge < -0.3 is 9.13 Å². The van der Waals surface area contributed by atoms with Crippen molar-refractivity contribution in [2.24, 2.45) is 0 Å². The molecular weight excluding hydrogens is 611 g/mol. The maximum atomic E-state index is 10.5. The van der Waals surface area contributed by atoms with Crippen molar-refractivity contribution in [2.45, 2.75) is 0 Å². The largest absolute Gasteiger partial charge is 0.318 e. The topological polar surface area (TPSA) is 42.4 Å². The number of rotatable bonds is 4. The molecular formula is C45H25N5. The van der Waals surface area contributed by atoms with E-state index in [1.807, 2.05) is 91.0 Å². The molecule has 5 nitrogen and oxygen atoms in total. The molecule has 0 unspecified atom stereocenters. The Morgan fingerprint density at radius 3 is 1.98 bits per heavy atom. The molecule has 2 aromatic heterocycles.